The molecule has 6 heteroatoms. The van der Waals surface area contributed by atoms with Crippen LogP contribution in [0.25, 0.3) is 0 Å². The van der Waals surface area contributed by atoms with Gasteiger partial charge in [-0.05, 0) is 47.1 Å². The first kappa shape index (κ1) is 14.0. The second-order valence-electron chi connectivity index (χ2n) is 5.97. The zero-order valence-corrected chi connectivity index (χ0v) is 12.1. The summed E-state index contributed by atoms with van der Waals surface area (Å²) in [6.07, 6.45) is 2.09. The van der Waals surface area contributed by atoms with Crippen LogP contribution in [0.3, 0.4) is 0 Å². The molecular weight excluding hydrogens is 244 g/mol. The number of nitrogens with one attached hydrogen (secondary N) is 1. The highest BCUT2D eigenvalue weighted by Crippen LogP contribution is 2.21. The smallest absolute Gasteiger partial charge is 0.359 e. The zero-order valence-electron chi connectivity index (χ0n) is 12.1. The molecule has 2 heterocycles. The minimum absolute atomic E-state index is 0.178. The highest BCUT2D eigenvalue weighted by molar-refractivity contribution is 5.88. The van der Waals surface area contributed by atoms with E-state index in [2.05, 4.69) is 15.6 Å². The first-order valence-corrected chi connectivity index (χ1v) is 6.74. The van der Waals surface area contributed by atoms with Crippen LogP contribution < -0.4 is 5.32 Å². The van der Waals surface area contributed by atoms with E-state index in [9.17, 15) is 4.79 Å². The predicted molar refractivity (Wildman–Crippen MR) is 71.1 cm³/mol. The van der Waals surface area contributed by atoms with E-state index in [-0.39, 0.29) is 12.0 Å². The van der Waals surface area contributed by atoms with Crippen molar-refractivity contribution in [3.8, 4) is 0 Å². The predicted octanol–water partition coefficient (Wildman–Crippen LogP) is 1.47. The molecule has 0 radical (unpaired) electrons. The Balaban J connectivity index is 2.24. The molecule has 0 aliphatic carbocycles. The summed E-state index contributed by atoms with van der Waals surface area (Å²) in [5.74, 6) is -0.347. The van der Waals surface area contributed by atoms with E-state index in [4.69, 9.17) is 4.74 Å². The van der Waals surface area contributed by atoms with Crippen LogP contribution in [0.1, 0.15) is 55.8 Å². The minimum Gasteiger partial charge on any atom is -0.455 e. The van der Waals surface area contributed by atoms with Crippen LogP contribution >= 0.6 is 0 Å². The van der Waals surface area contributed by atoms with Gasteiger partial charge in [0.25, 0.3) is 0 Å². The van der Waals surface area contributed by atoms with Crippen molar-refractivity contribution in [2.24, 2.45) is 0 Å². The van der Waals surface area contributed by atoms with Gasteiger partial charge in [-0.2, -0.15) is 0 Å². The Morgan fingerprint density at radius 2 is 2.21 bits per heavy atom. The van der Waals surface area contributed by atoms with Gasteiger partial charge in [-0.15, -0.1) is 5.10 Å². The lowest BCUT2D eigenvalue weighted by Crippen LogP contribution is -2.34. The monoisotopic (exact) mass is 266 g/mol. The molecule has 1 aliphatic heterocycles. The molecule has 1 aromatic heterocycles. The Bertz CT molecular complexity index is 456. The molecule has 0 saturated carbocycles. The maximum absolute atomic E-state index is 12.3. The molecule has 1 fully saturated rings. The first-order valence-electron chi connectivity index (χ1n) is 6.74. The molecule has 2 rings (SSSR count). The number of esters is 1. The number of nitrogens with zero attached hydrogens (tertiary/aromatic N) is 3. The van der Waals surface area contributed by atoms with E-state index in [1.54, 1.807) is 11.6 Å². The summed E-state index contributed by atoms with van der Waals surface area (Å²) < 4.78 is 7.15. The van der Waals surface area contributed by atoms with Crippen molar-refractivity contribution in [3.63, 3.8) is 0 Å². The second kappa shape index (κ2) is 5.28. The Labute approximate surface area is 113 Å². The Morgan fingerprint density at radius 1 is 1.47 bits per heavy atom. The maximum atomic E-state index is 12.3. The van der Waals surface area contributed by atoms with E-state index in [0.717, 1.165) is 25.9 Å². The van der Waals surface area contributed by atoms with Crippen molar-refractivity contribution < 1.29 is 9.53 Å². The summed E-state index contributed by atoms with van der Waals surface area (Å²) >= 11 is 0. The number of piperidine rings is 1. The van der Waals surface area contributed by atoms with Gasteiger partial charge < -0.3 is 10.1 Å². The van der Waals surface area contributed by atoms with Gasteiger partial charge in [0, 0.05) is 6.54 Å². The number of aromatic nitrogens is 3. The Morgan fingerprint density at radius 3 is 2.79 bits per heavy atom. The van der Waals surface area contributed by atoms with Gasteiger partial charge in [-0.1, -0.05) is 5.21 Å². The fraction of sp³-hybridized carbons (Fsp3) is 0.769. The van der Waals surface area contributed by atoms with E-state index < -0.39 is 5.60 Å². The number of carbonyl (C=O) groups is 1. The highest BCUT2D eigenvalue weighted by Gasteiger charge is 2.28. The lowest BCUT2D eigenvalue weighted by atomic mass is 10.1. The third-order valence-electron chi connectivity index (χ3n) is 3.07. The van der Waals surface area contributed by atoms with Gasteiger partial charge in [0.1, 0.15) is 5.60 Å². The van der Waals surface area contributed by atoms with Crippen LogP contribution in [0.5, 0.6) is 0 Å². The molecule has 6 nitrogen and oxygen atoms in total. The van der Waals surface area contributed by atoms with Crippen LogP contribution in [0.4, 0.5) is 0 Å². The van der Waals surface area contributed by atoms with Crippen molar-refractivity contribution in [1.29, 1.82) is 0 Å². The van der Waals surface area contributed by atoms with Crippen molar-refractivity contribution in [2.75, 3.05) is 13.1 Å². The van der Waals surface area contributed by atoms with E-state index in [0.29, 0.717) is 11.4 Å². The van der Waals surface area contributed by atoms with E-state index >= 15 is 0 Å². The van der Waals surface area contributed by atoms with Gasteiger partial charge in [0.15, 0.2) is 5.69 Å². The van der Waals surface area contributed by atoms with Gasteiger partial charge in [0.2, 0.25) is 0 Å². The van der Waals surface area contributed by atoms with Gasteiger partial charge in [0.05, 0.1) is 11.7 Å². The number of aryl methyl sites for hydroxylation is 1. The molecule has 1 unspecified atom stereocenters. The van der Waals surface area contributed by atoms with Crippen molar-refractivity contribution in [2.45, 2.75) is 52.2 Å². The van der Waals surface area contributed by atoms with E-state index in [1.165, 1.54) is 0 Å². The summed E-state index contributed by atoms with van der Waals surface area (Å²) in [4.78, 5) is 12.3. The van der Waals surface area contributed by atoms with Crippen molar-refractivity contribution in [1.82, 2.24) is 20.3 Å². The second-order valence-corrected chi connectivity index (χ2v) is 5.97. The number of ether oxygens (including phenoxy) is 1. The van der Waals surface area contributed by atoms with E-state index in [1.807, 2.05) is 20.8 Å². The zero-order chi connectivity index (χ0) is 14.0. The SMILES string of the molecule is Cc1nnn(C2CCCNC2)c1C(=O)OC(C)(C)C. The number of rotatable bonds is 2. The Kier molecular flexibility index (Phi) is 3.89. The number of carbonyl (C=O) groups excluding carboxylic acids is 1. The van der Waals surface area contributed by atoms with Crippen molar-refractivity contribution in [3.05, 3.63) is 11.4 Å². The lowest BCUT2D eigenvalue weighted by Gasteiger charge is -2.25. The molecule has 1 atom stereocenters. The molecule has 1 N–H and O–H groups in total. The van der Waals surface area contributed by atoms with Crippen LogP contribution in [0, 0.1) is 6.92 Å². The van der Waals surface area contributed by atoms with Gasteiger partial charge in [-0.3, -0.25) is 0 Å². The Hall–Kier alpha value is -1.43. The van der Waals surface area contributed by atoms with Gasteiger partial charge in [-0.25, -0.2) is 9.48 Å². The first-order chi connectivity index (χ1) is 8.88. The lowest BCUT2D eigenvalue weighted by molar-refractivity contribution is 0.00518. The molecule has 106 valence electrons. The minimum atomic E-state index is -0.510. The molecule has 0 bridgehead atoms. The molecule has 0 spiro atoms. The van der Waals surface area contributed by atoms with Crippen LogP contribution in [0.15, 0.2) is 0 Å². The molecule has 0 aromatic carbocycles. The molecule has 1 aromatic rings. The highest BCUT2D eigenvalue weighted by atomic mass is 16.6. The quantitative estimate of drug-likeness (QED) is 0.821. The fourth-order valence-electron chi connectivity index (χ4n) is 2.24. The fourth-order valence-corrected chi connectivity index (χ4v) is 2.24. The molecule has 1 saturated heterocycles. The standard InChI is InChI=1S/C13H22N4O2/c1-9-11(12(18)19-13(2,3)4)17(16-15-9)10-6-5-7-14-8-10/h10,14H,5-8H2,1-4H3. The van der Waals surface area contributed by atoms with Crippen LogP contribution in [-0.4, -0.2) is 39.7 Å². The summed E-state index contributed by atoms with van der Waals surface area (Å²) in [6, 6.07) is 0.178. The molecule has 1 aliphatic rings. The third kappa shape index (κ3) is 3.32. The number of hydrogen-bond donors (Lipinski definition) is 1. The van der Waals surface area contributed by atoms with Crippen molar-refractivity contribution >= 4 is 5.97 Å². The van der Waals surface area contributed by atoms with Gasteiger partial charge >= 0.3 is 5.97 Å². The van der Waals surface area contributed by atoms with Crippen LogP contribution in [-0.2, 0) is 4.74 Å². The third-order valence-corrected chi connectivity index (χ3v) is 3.07. The molecule has 19 heavy (non-hydrogen) atoms. The summed E-state index contributed by atoms with van der Waals surface area (Å²) in [6.45, 7) is 9.20. The molecular formula is C13H22N4O2. The average molecular weight is 266 g/mol. The average Bonchev–Trinajstić information content (AvgIpc) is 2.70. The summed E-state index contributed by atoms with van der Waals surface area (Å²) in [5, 5.41) is 11.5. The largest absolute Gasteiger partial charge is 0.455 e. The topological polar surface area (TPSA) is 69.0 Å². The maximum Gasteiger partial charge on any atom is 0.359 e. The van der Waals surface area contributed by atoms with Crippen LogP contribution in [0.2, 0.25) is 0 Å². The summed E-state index contributed by atoms with van der Waals surface area (Å²) in [7, 11) is 0. The molecule has 0 amide bonds. The number of hydrogen-bond acceptors (Lipinski definition) is 5. The normalized spacial score (nSPS) is 20.3. The summed E-state index contributed by atoms with van der Waals surface area (Å²) in [5.41, 5.74) is 0.590.